The molecule has 0 amide bonds. The van der Waals surface area contributed by atoms with Gasteiger partial charge in [0.25, 0.3) is 0 Å². The monoisotopic (exact) mass is 278 g/mol. The summed E-state index contributed by atoms with van der Waals surface area (Å²) in [6.07, 6.45) is 7.97. The van der Waals surface area contributed by atoms with Crippen LogP contribution < -0.4 is 5.32 Å². The lowest BCUT2D eigenvalue weighted by Crippen LogP contribution is -2.33. The second-order valence-electron chi connectivity index (χ2n) is 5.97. The number of benzene rings is 1. The number of hydrogen-bond donors (Lipinski definition) is 1. The average molecular weight is 278 g/mol. The van der Waals surface area contributed by atoms with Gasteiger partial charge in [0.1, 0.15) is 5.82 Å². The summed E-state index contributed by atoms with van der Waals surface area (Å²) in [5.41, 5.74) is 0.787. The predicted molar refractivity (Wildman–Crippen MR) is 82.2 cm³/mol. The Labute approximate surface area is 122 Å². The minimum Gasteiger partial charge on any atom is -0.314 e. The molecule has 0 spiro atoms. The van der Waals surface area contributed by atoms with Crippen molar-refractivity contribution in [3.63, 3.8) is 0 Å². The van der Waals surface area contributed by atoms with Crippen LogP contribution in [0.15, 0.2) is 24.3 Å². The van der Waals surface area contributed by atoms with E-state index in [1.165, 1.54) is 38.2 Å². The Morgan fingerprint density at radius 2 is 1.95 bits per heavy atom. The van der Waals surface area contributed by atoms with Crippen molar-refractivity contribution in [2.45, 2.75) is 51.1 Å². The fourth-order valence-corrected chi connectivity index (χ4v) is 2.96. The second kappa shape index (κ2) is 8.38. The summed E-state index contributed by atoms with van der Waals surface area (Å²) in [6, 6.07) is 7.78. The molecule has 1 aliphatic carbocycles. The molecule has 0 radical (unpaired) electrons. The minimum atomic E-state index is -0.0975. The molecular formula is C17H27FN2. The Bertz CT molecular complexity index is 388. The topological polar surface area (TPSA) is 15.3 Å². The van der Waals surface area contributed by atoms with Crippen LogP contribution in [0.3, 0.4) is 0 Å². The molecule has 0 saturated heterocycles. The molecule has 0 unspecified atom stereocenters. The quantitative estimate of drug-likeness (QED) is 0.767. The van der Waals surface area contributed by atoms with E-state index in [9.17, 15) is 4.39 Å². The molecule has 0 bridgehead atoms. The standard InChI is InChI=1S/C17H27FN2/c1-20(14-15-8-5-6-11-17(15)18)13-7-12-19-16-9-3-2-4-10-16/h5-6,8,11,16,19H,2-4,7,9-10,12-14H2,1H3. The fraction of sp³-hybridized carbons (Fsp3) is 0.647. The van der Waals surface area contributed by atoms with Crippen molar-refractivity contribution >= 4 is 0 Å². The van der Waals surface area contributed by atoms with Crippen molar-refractivity contribution in [3.8, 4) is 0 Å². The summed E-state index contributed by atoms with van der Waals surface area (Å²) >= 11 is 0. The van der Waals surface area contributed by atoms with Gasteiger partial charge in [-0.15, -0.1) is 0 Å². The van der Waals surface area contributed by atoms with Gasteiger partial charge in [0.15, 0.2) is 0 Å². The van der Waals surface area contributed by atoms with Gasteiger partial charge in [-0.1, -0.05) is 37.5 Å². The molecule has 3 heteroatoms. The summed E-state index contributed by atoms with van der Waals surface area (Å²) in [4.78, 5) is 2.20. The molecule has 2 rings (SSSR count). The van der Waals surface area contributed by atoms with Crippen molar-refractivity contribution in [2.24, 2.45) is 0 Å². The van der Waals surface area contributed by atoms with Gasteiger partial charge in [0, 0.05) is 18.2 Å². The number of nitrogens with zero attached hydrogens (tertiary/aromatic N) is 1. The van der Waals surface area contributed by atoms with Gasteiger partial charge < -0.3 is 10.2 Å². The molecule has 1 fully saturated rings. The molecule has 0 heterocycles. The Morgan fingerprint density at radius 3 is 2.70 bits per heavy atom. The fourth-order valence-electron chi connectivity index (χ4n) is 2.96. The normalized spacial score (nSPS) is 16.8. The van der Waals surface area contributed by atoms with E-state index in [2.05, 4.69) is 17.3 Å². The van der Waals surface area contributed by atoms with Crippen LogP contribution in [-0.4, -0.2) is 31.1 Å². The average Bonchev–Trinajstić information content (AvgIpc) is 2.47. The number of nitrogens with one attached hydrogen (secondary N) is 1. The van der Waals surface area contributed by atoms with Gasteiger partial charge in [-0.25, -0.2) is 4.39 Å². The van der Waals surface area contributed by atoms with Crippen LogP contribution in [0.2, 0.25) is 0 Å². The van der Waals surface area contributed by atoms with Crippen molar-refractivity contribution in [1.29, 1.82) is 0 Å². The molecule has 1 aliphatic rings. The van der Waals surface area contributed by atoms with Gasteiger partial charge in [-0.2, -0.15) is 0 Å². The van der Waals surface area contributed by atoms with Crippen LogP contribution in [0.4, 0.5) is 4.39 Å². The summed E-state index contributed by atoms with van der Waals surface area (Å²) in [7, 11) is 2.06. The maximum Gasteiger partial charge on any atom is 0.127 e. The predicted octanol–water partition coefficient (Wildman–Crippen LogP) is 3.57. The molecule has 0 aliphatic heterocycles. The van der Waals surface area contributed by atoms with Crippen LogP contribution in [0.1, 0.15) is 44.1 Å². The van der Waals surface area contributed by atoms with Crippen LogP contribution in [0.5, 0.6) is 0 Å². The zero-order valence-corrected chi connectivity index (χ0v) is 12.6. The van der Waals surface area contributed by atoms with Gasteiger partial charge in [0.2, 0.25) is 0 Å². The summed E-state index contributed by atoms with van der Waals surface area (Å²) < 4.78 is 13.5. The first kappa shape index (κ1) is 15.5. The molecule has 20 heavy (non-hydrogen) atoms. The lowest BCUT2D eigenvalue weighted by Gasteiger charge is -2.23. The van der Waals surface area contributed by atoms with Crippen molar-refractivity contribution in [1.82, 2.24) is 10.2 Å². The molecule has 1 aromatic rings. The van der Waals surface area contributed by atoms with E-state index in [0.717, 1.165) is 31.1 Å². The first-order valence-electron chi connectivity index (χ1n) is 7.91. The van der Waals surface area contributed by atoms with Crippen molar-refractivity contribution in [2.75, 3.05) is 20.1 Å². The zero-order valence-electron chi connectivity index (χ0n) is 12.6. The third-order valence-corrected chi connectivity index (χ3v) is 4.15. The van der Waals surface area contributed by atoms with E-state index in [0.29, 0.717) is 6.54 Å². The molecule has 1 aromatic carbocycles. The Morgan fingerprint density at radius 1 is 1.20 bits per heavy atom. The highest BCUT2D eigenvalue weighted by atomic mass is 19.1. The molecule has 0 atom stereocenters. The van der Waals surface area contributed by atoms with Gasteiger partial charge in [0.05, 0.1) is 0 Å². The van der Waals surface area contributed by atoms with E-state index in [1.54, 1.807) is 6.07 Å². The van der Waals surface area contributed by atoms with Gasteiger partial charge in [-0.05, 0) is 45.5 Å². The van der Waals surface area contributed by atoms with Crippen LogP contribution in [0, 0.1) is 5.82 Å². The smallest absolute Gasteiger partial charge is 0.127 e. The summed E-state index contributed by atoms with van der Waals surface area (Å²) in [6.45, 7) is 2.77. The first-order valence-corrected chi connectivity index (χ1v) is 7.91. The van der Waals surface area contributed by atoms with E-state index < -0.39 is 0 Å². The number of rotatable bonds is 7. The third-order valence-electron chi connectivity index (χ3n) is 4.15. The second-order valence-corrected chi connectivity index (χ2v) is 5.97. The Hall–Kier alpha value is -0.930. The van der Waals surface area contributed by atoms with E-state index >= 15 is 0 Å². The van der Waals surface area contributed by atoms with Crippen LogP contribution >= 0.6 is 0 Å². The first-order chi connectivity index (χ1) is 9.75. The number of hydrogen-bond acceptors (Lipinski definition) is 2. The maximum atomic E-state index is 13.5. The molecule has 0 aromatic heterocycles. The highest BCUT2D eigenvalue weighted by Gasteiger charge is 2.12. The van der Waals surface area contributed by atoms with Gasteiger partial charge in [-0.3, -0.25) is 0 Å². The zero-order chi connectivity index (χ0) is 14.2. The minimum absolute atomic E-state index is 0.0975. The molecule has 2 nitrogen and oxygen atoms in total. The summed E-state index contributed by atoms with van der Waals surface area (Å²) in [5.74, 6) is -0.0975. The molecular weight excluding hydrogens is 251 g/mol. The van der Waals surface area contributed by atoms with Crippen molar-refractivity contribution in [3.05, 3.63) is 35.6 Å². The lowest BCUT2D eigenvalue weighted by atomic mass is 9.95. The van der Waals surface area contributed by atoms with E-state index in [-0.39, 0.29) is 5.82 Å². The number of halogens is 1. The third kappa shape index (κ3) is 5.22. The Kier molecular flexibility index (Phi) is 6.48. The van der Waals surface area contributed by atoms with Crippen LogP contribution in [-0.2, 0) is 6.54 Å². The molecule has 1 N–H and O–H groups in total. The molecule has 1 saturated carbocycles. The lowest BCUT2D eigenvalue weighted by molar-refractivity contribution is 0.304. The largest absolute Gasteiger partial charge is 0.314 e. The highest BCUT2D eigenvalue weighted by molar-refractivity contribution is 5.16. The van der Waals surface area contributed by atoms with Crippen LogP contribution in [0.25, 0.3) is 0 Å². The van der Waals surface area contributed by atoms with E-state index in [4.69, 9.17) is 0 Å². The Balaban J connectivity index is 1.60. The molecule has 112 valence electrons. The summed E-state index contributed by atoms with van der Waals surface area (Å²) in [5, 5.41) is 3.65. The highest BCUT2D eigenvalue weighted by Crippen LogP contribution is 2.17. The van der Waals surface area contributed by atoms with Gasteiger partial charge >= 0.3 is 0 Å². The van der Waals surface area contributed by atoms with E-state index in [1.807, 2.05) is 12.1 Å². The maximum absolute atomic E-state index is 13.5. The SMILES string of the molecule is CN(CCCNC1CCCCC1)Cc1ccccc1F. The van der Waals surface area contributed by atoms with Crippen molar-refractivity contribution < 1.29 is 4.39 Å².